The smallest absolute Gasteiger partial charge is 0.159 e. The third-order valence-electron chi connectivity index (χ3n) is 22.1. The minimum absolute atomic E-state index is 0.330. The molecule has 8 heteroatoms. The molecule has 0 radical (unpaired) electrons. The fourth-order valence-electron chi connectivity index (χ4n) is 14.9. The van der Waals surface area contributed by atoms with Crippen molar-refractivity contribution in [3.8, 4) is 0 Å². The van der Waals surface area contributed by atoms with Crippen LogP contribution in [-0.4, -0.2) is 46.6 Å². The SMILES string of the molecule is CCCCCCCCCCCCCCCCCCCCCC(=S)OCC(COC(=S)CCCCCCCCCCCCCCCCCCCCC)(COC(=S)CCCCCCCCCCCCCCCCCCCCC)COC(=S)CCCCCCCCCCCCCCCCCCCCC. The number of hydrogen-bond acceptors (Lipinski definition) is 8. The van der Waals surface area contributed by atoms with Gasteiger partial charge < -0.3 is 18.9 Å². The third-order valence-corrected chi connectivity index (χ3v) is 23.4. The monoisotopic (exact) mass is 1490 g/mol. The molecule has 0 aromatic carbocycles. The number of ether oxygens (including phenoxy) is 4. The summed E-state index contributed by atoms with van der Waals surface area (Å²) in [5.74, 6) is 0. The molecule has 4 nitrogen and oxygen atoms in total. The Balaban J connectivity index is 5.37. The van der Waals surface area contributed by atoms with Gasteiger partial charge in [0.25, 0.3) is 0 Å². The Bertz CT molecular complexity index is 1420. The van der Waals surface area contributed by atoms with Crippen molar-refractivity contribution in [2.24, 2.45) is 5.41 Å². The summed E-state index contributed by atoms with van der Waals surface area (Å²) in [6, 6.07) is 0. The average Bonchev–Trinajstić information content (AvgIpc) is 0.889. The van der Waals surface area contributed by atoms with Gasteiger partial charge >= 0.3 is 0 Å². The second-order valence-corrected chi connectivity index (χ2v) is 34.4. The van der Waals surface area contributed by atoms with Gasteiger partial charge in [-0.3, -0.25) is 0 Å². The first-order valence-electron chi connectivity index (χ1n) is 46.4. The minimum atomic E-state index is -0.676. The van der Waals surface area contributed by atoms with Crippen LogP contribution in [0.25, 0.3) is 0 Å². The second-order valence-electron chi connectivity index (χ2n) is 32.6. The predicted molar refractivity (Wildman–Crippen MR) is 469 cm³/mol. The van der Waals surface area contributed by atoms with Crippen LogP contribution in [0.15, 0.2) is 0 Å². The maximum atomic E-state index is 6.61. The standard InChI is InChI=1S/C93H180O4S4/c1-5-9-13-17-21-25-29-33-37-41-45-49-53-57-61-65-69-73-77-81-89(98)94-85-93(86-95-90(99)82-78-74-70-66-62-58-54-50-46-42-38-34-30-26-22-18-14-10-6-2,87-96-91(100)83-79-75-71-67-63-59-55-51-47-43-39-35-31-27-23-19-15-11-7-3)88-97-92(101)84-80-76-72-68-64-60-56-52-48-44-40-36-32-28-24-20-16-12-8-4/h5-88H2,1-4H3. The van der Waals surface area contributed by atoms with Crippen LogP contribution in [0.1, 0.15) is 541 Å². The van der Waals surface area contributed by atoms with Crippen LogP contribution in [0, 0.1) is 5.41 Å². The van der Waals surface area contributed by atoms with Crippen LogP contribution in [-0.2, 0) is 18.9 Å². The maximum absolute atomic E-state index is 6.61. The summed E-state index contributed by atoms with van der Waals surface area (Å²) in [6.45, 7) is 10.6. The lowest BCUT2D eigenvalue weighted by molar-refractivity contribution is -0.0163. The van der Waals surface area contributed by atoms with Crippen molar-refractivity contribution in [1.29, 1.82) is 0 Å². The zero-order valence-corrected chi connectivity index (χ0v) is 72.4. The fourth-order valence-corrected chi connectivity index (χ4v) is 15.7. The lowest BCUT2D eigenvalue weighted by atomic mass is 9.92. The highest BCUT2D eigenvalue weighted by Gasteiger charge is 2.37. The minimum Gasteiger partial charge on any atom is -0.486 e. The Morgan fingerprint density at radius 1 is 0.149 bits per heavy atom. The molecule has 0 fully saturated rings. The zero-order chi connectivity index (χ0) is 73.0. The molecule has 0 atom stereocenters. The normalized spacial score (nSPS) is 11.7. The molecule has 0 saturated heterocycles. The summed E-state index contributed by atoms with van der Waals surface area (Å²) < 4.78 is 26.4. The molecule has 600 valence electrons. The largest absolute Gasteiger partial charge is 0.486 e. The van der Waals surface area contributed by atoms with Crippen molar-refractivity contribution in [3.05, 3.63) is 0 Å². The summed E-state index contributed by atoms with van der Waals surface area (Å²) >= 11 is 24.0. The summed E-state index contributed by atoms with van der Waals surface area (Å²) in [6.07, 6.45) is 108. The average molecular weight is 1490 g/mol. The van der Waals surface area contributed by atoms with E-state index in [-0.39, 0.29) is 0 Å². The summed E-state index contributed by atoms with van der Waals surface area (Å²) in [5.41, 5.74) is -0.676. The molecule has 0 N–H and O–H groups in total. The highest BCUT2D eigenvalue weighted by atomic mass is 32.1. The molecule has 0 rings (SSSR count). The molecule has 0 aromatic rings. The lowest BCUT2D eigenvalue weighted by Gasteiger charge is -2.33. The van der Waals surface area contributed by atoms with Crippen LogP contribution in [0.5, 0.6) is 0 Å². The molecule has 0 spiro atoms. The van der Waals surface area contributed by atoms with Gasteiger partial charge in [-0.25, -0.2) is 0 Å². The number of hydrogen-bond donors (Lipinski definition) is 0. The summed E-state index contributed by atoms with van der Waals surface area (Å²) in [7, 11) is 0. The van der Waals surface area contributed by atoms with E-state index >= 15 is 0 Å². The first-order valence-corrected chi connectivity index (χ1v) is 48.1. The van der Waals surface area contributed by atoms with E-state index in [2.05, 4.69) is 27.7 Å². The molecule has 0 unspecified atom stereocenters. The van der Waals surface area contributed by atoms with E-state index in [1.54, 1.807) is 0 Å². The van der Waals surface area contributed by atoms with Gasteiger partial charge in [0.05, 0.1) is 0 Å². The molecule has 0 aromatic heterocycles. The van der Waals surface area contributed by atoms with Crippen molar-refractivity contribution in [2.45, 2.75) is 541 Å². The van der Waals surface area contributed by atoms with E-state index in [1.165, 1.54) is 462 Å². The second kappa shape index (κ2) is 86.8. The Kier molecular flexibility index (Phi) is 86.4. The van der Waals surface area contributed by atoms with Crippen LogP contribution in [0.3, 0.4) is 0 Å². The first kappa shape index (κ1) is 101. The highest BCUT2D eigenvalue weighted by molar-refractivity contribution is 7.80. The van der Waals surface area contributed by atoms with Gasteiger partial charge in [-0.05, 0) is 74.6 Å². The molecule has 0 amide bonds. The van der Waals surface area contributed by atoms with Crippen LogP contribution < -0.4 is 0 Å². The Morgan fingerprint density at radius 2 is 0.238 bits per heavy atom. The third kappa shape index (κ3) is 81.9. The Hall–Kier alpha value is -0.440. The maximum Gasteiger partial charge on any atom is 0.159 e. The summed E-state index contributed by atoms with van der Waals surface area (Å²) in [4.78, 5) is 0. The lowest BCUT2D eigenvalue weighted by Crippen LogP contribution is -2.43. The predicted octanol–water partition coefficient (Wildman–Crippen LogP) is 34.6. The Morgan fingerprint density at radius 3 is 0.337 bits per heavy atom. The fraction of sp³-hybridized carbons (Fsp3) is 0.957. The van der Waals surface area contributed by atoms with E-state index in [0.717, 1.165) is 51.4 Å². The van der Waals surface area contributed by atoms with E-state index in [4.69, 9.17) is 67.8 Å². The molecule has 0 bridgehead atoms. The van der Waals surface area contributed by atoms with Crippen molar-refractivity contribution >= 4 is 69.1 Å². The number of rotatable bonds is 88. The molecule has 0 aliphatic carbocycles. The van der Waals surface area contributed by atoms with Gasteiger partial charge in [0.1, 0.15) is 31.8 Å². The molecule has 0 aliphatic rings. The van der Waals surface area contributed by atoms with Crippen LogP contribution in [0.4, 0.5) is 0 Å². The highest BCUT2D eigenvalue weighted by Crippen LogP contribution is 2.27. The molecule has 101 heavy (non-hydrogen) atoms. The van der Waals surface area contributed by atoms with Crippen LogP contribution >= 0.6 is 48.9 Å². The zero-order valence-electron chi connectivity index (χ0n) is 69.2. The van der Waals surface area contributed by atoms with Crippen molar-refractivity contribution in [1.82, 2.24) is 0 Å². The van der Waals surface area contributed by atoms with Gasteiger partial charge in [-0.2, -0.15) is 0 Å². The van der Waals surface area contributed by atoms with Crippen molar-refractivity contribution in [2.75, 3.05) is 26.4 Å². The van der Waals surface area contributed by atoms with Crippen LogP contribution in [0.2, 0.25) is 0 Å². The van der Waals surface area contributed by atoms with Crippen molar-refractivity contribution in [3.63, 3.8) is 0 Å². The van der Waals surface area contributed by atoms with Gasteiger partial charge in [0.15, 0.2) is 20.2 Å². The quantitative estimate of drug-likeness (QED) is 0.0441. The van der Waals surface area contributed by atoms with E-state index in [9.17, 15) is 0 Å². The van der Waals surface area contributed by atoms with E-state index < -0.39 is 5.41 Å². The first-order chi connectivity index (χ1) is 49.8. The summed E-state index contributed by atoms with van der Waals surface area (Å²) in [5, 5.41) is 2.69. The van der Waals surface area contributed by atoms with Gasteiger partial charge in [-0.15, -0.1) is 0 Å². The number of unbranched alkanes of at least 4 members (excludes halogenated alkanes) is 72. The van der Waals surface area contributed by atoms with Crippen molar-refractivity contribution < 1.29 is 18.9 Å². The molecule has 0 saturated carbocycles. The molecular formula is C93H180O4S4. The van der Waals surface area contributed by atoms with E-state index in [0.29, 0.717) is 46.6 Å². The van der Waals surface area contributed by atoms with Gasteiger partial charge in [-0.1, -0.05) is 490 Å². The molecule has 0 heterocycles. The number of thiocarbonyl (C=S) groups is 4. The van der Waals surface area contributed by atoms with Gasteiger partial charge in [0, 0.05) is 25.7 Å². The Labute approximate surface area is 656 Å². The molecular weight excluding hydrogens is 1310 g/mol. The topological polar surface area (TPSA) is 36.9 Å². The van der Waals surface area contributed by atoms with E-state index in [1.807, 2.05) is 0 Å². The molecule has 0 aliphatic heterocycles. The van der Waals surface area contributed by atoms with Gasteiger partial charge in [0.2, 0.25) is 0 Å².